The summed E-state index contributed by atoms with van der Waals surface area (Å²) in [7, 11) is 0. The van der Waals surface area contributed by atoms with Crippen LogP contribution in [0.3, 0.4) is 0 Å². The molecule has 0 unspecified atom stereocenters. The van der Waals surface area contributed by atoms with Crippen LogP contribution in [0.25, 0.3) is 0 Å². The van der Waals surface area contributed by atoms with Gasteiger partial charge < -0.3 is 10.4 Å². The Hall–Kier alpha value is -2.40. The SMILES string of the molecule is O=C(O)c1cccc(NC2CCN(Cc3ccccc3)CC2)n1. The maximum atomic E-state index is 11.0. The predicted octanol–water partition coefficient (Wildman–Crippen LogP) is 2.86. The van der Waals surface area contributed by atoms with Gasteiger partial charge in [-0.15, -0.1) is 0 Å². The van der Waals surface area contributed by atoms with Crippen molar-refractivity contribution in [3.63, 3.8) is 0 Å². The quantitative estimate of drug-likeness (QED) is 0.889. The second-order valence-electron chi connectivity index (χ2n) is 5.89. The molecule has 0 amide bonds. The number of nitrogens with one attached hydrogen (secondary N) is 1. The Morgan fingerprint density at radius 2 is 1.87 bits per heavy atom. The summed E-state index contributed by atoms with van der Waals surface area (Å²) in [6, 6.07) is 15.9. The van der Waals surface area contributed by atoms with E-state index >= 15 is 0 Å². The smallest absolute Gasteiger partial charge is 0.354 e. The molecule has 2 N–H and O–H groups in total. The van der Waals surface area contributed by atoms with E-state index in [0.29, 0.717) is 11.9 Å². The van der Waals surface area contributed by atoms with Crippen molar-refractivity contribution in [3.8, 4) is 0 Å². The first-order valence-electron chi connectivity index (χ1n) is 7.94. The Morgan fingerprint density at radius 3 is 2.57 bits per heavy atom. The van der Waals surface area contributed by atoms with Crippen LogP contribution in [0.4, 0.5) is 5.82 Å². The minimum atomic E-state index is -0.994. The van der Waals surface area contributed by atoms with E-state index in [0.717, 1.165) is 32.5 Å². The van der Waals surface area contributed by atoms with E-state index < -0.39 is 5.97 Å². The number of carbonyl (C=O) groups is 1. The molecule has 0 radical (unpaired) electrons. The van der Waals surface area contributed by atoms with Gasteiger partial charge >= 0.3 is 5.97 Å². The summed E-state index contributed by atoms with van der Waals surface area (Å²) in [5.41, 5.74) is 1.42. The number of hydrogen-bond donors (Lipinski definition) is 2. The molecule has 0 aliphatic carbocycles. The van der Waals surface area contributed by atoms with E-state index in [1.165, 1.54) is 11.6 Å². The number of carboxylic acids is 1. The Bertz CT molecular complexity index is 652. The van der Waals surface area contributed by atoms with Crippen LogP contribution in [0.5, 0.6) is 0 Å². The first-order valence-corrected chi connectivity index (χ1v) is 7.94. The predicted molar refractivity (Wildman–Crippen MR) is 89.6 cm³/mol. The normalized spacial score (nSPS) is 16.2. The van der Waals surface area contributed by atoms with Gasteiger partial charge in [-0.3, -0.25) is 4.90 Å². The summed E-state index contributed by atoms with van der Waals surface area (Å²) in [5.74, 6) is -0.349. The second kappa shape index (κ2) is 7.24. The molecule has 0 saturated carbocycles. The van der Waals surface area contributed by atoms with Crippen LogP contribution < -0.4 is 5.32 Å². The first-order chi connectivity index (χ1) is 11.2. The monoisotopic (exact) mass is 311 g/mol. The lowest BCUT2D eigenvalue weighted by Gasteiger charge is -2.32. The molecular formula is C18H21N3O2. The molecule has 1 aromatic heterocycles. The summed E-state index contributed by atoms with van der Waals surface area (Å²) < 4.78 is 0. The van der Waals surface area contributed by atoms with Gasteiger partial charge in [-0.05, 0) is 30.5 Å². The minimum absolute atomic E-state index is 0.0801. The summed E-state index contributed by atoms with van der Waals surface area (Å²) in [6.07, 6.45) is 2.07. The van der Waals surface area contributed by atoms with Crippen molar-refractivity contribution in [3.05, 3.63) is 59.8 Å². The number of likely N-dealkylation sites (tertiary alicyclic amines) is 1. The molecule has 0 atom stereocenters. The molecule has 3 rings (SSSR count). The van der Waals surface area contributed by atoms with Crippen LogP contribution in [0.15, 0.2) is 48.5 Å². The highest BCUT2D eigenvalue weighted by molar-refractivity contribution is 5.85. The number of carboxylic acid groups (broad SMARTS) is 1. The number of nitrogens with zero attached hydrogens (tertiary/aromatic N) is 2. The van der Waals surface area contributed by atoms with E-state index in [-0.39, 0.29) is 5.69 Å². The van der Waals surface area contributed by atoms with Crippen LogP contribution in [0, 0.1) is 0 Å². The number of aromatic carboxylic acids is 1. The van der Waals surface area contributed by atoms with E-state index in [4.69, 9.17) is 5.11 Å². The van der Waals surface area contributed by atoms with Gasteiger partial charge in [-0.1, -0.05) is 36.4 Å². The number of anilines is 1. The van der Waals surface area contributed by atoms with Crippen molar-refractivity contribution < 1.29 is 9.90 Å². The van der Waals surface area contributed by atoms with E-state index in [2.05, 4.69) is 39.5 Å². The molecule has 23 heavy (non-hydrogen) atoms. The maximum absolute atomic E-state index is 11.0. The summed E-state index contributed by atoms with van der Waals surface area (Å²) in [4.78, 5) is 17.5. The third kappa shape index (κ3) is 4.29. The highest BCUT2D eigenvalue weighted by Gasteiger charge is 2.19. The molecule has 0 spiro atoms. The molecule has 1 saturated heterocycles. The average Bonchev–Trinajstić information content (AvgIpc) is 2.58. The molecule has 2 aromatic rings. The van der Waals surface area contributed by atoms with Gasteiger partial charge in [0.15, 0.2) is 5.69 Å². The zero-order valence-corrected chi connectivity index (χ0v) is 13.0. The third-order valence-corrected chi connectivity index (χ3v) is 4.16. The van der Waals surface area contributed by atoms with Crippen LogP contribution in [-0.4, -0.2) is 40.1 Å². The van der Waals surface area contributed by atoms with Gasteiger partial charge in [-0.2, -0.15) is 0 Å². The highest BCUT2D eigenvalue weighted by Crippen LogP contribution is 2.17. The number of pyridine rings is 1. The van der Waals surface area contributed by atoms with Crippen molar-refractivity contribution in [2.24, 2.45) is 0 Å². The average molecular weight is 311 g/mol. The Labute approximate surface area is 136 Å². The summed E-state index contributed by atoms with van der Waals surface area (Å²) in [6.45, 7) is 3.05. The number of hydrogen-bond acceptors (Lipinski definition) is 4. The van der Waals surface area contributed by atoms with Gasteiger partial charge in [0, 0.05) is 25.7 Å². The zero-order valence-electron chi connectivity index (χ0n) is 13.0. The van der Waals surface area contributed by atoms with E-state index in [9.17, 15) is 4.79 Å². The number of aromatic nitrogens is 1. The Balaban J connectivity index is 1.51. The number of benzene rings is 1. The fraction of sp³-hybridized carbons (Fsp3) is 0.333. The topological polar surface area (TPSA) is 65.5 Å². The molecule has 1 fully saturated rings. The van der Waals surface area contributed by atoms with Crippen LogP contribution in [0.1, 0.15) is 28.9 Å². The number of piperidine rings is 1. The van der Waals surface area contributed by atoms with Crippen molar-refractivity contribution >= 4 is 11.8 Å². The van der Waals surface area contributed by atoms with Gasteiger partial charge in [-0.25, -0.2) is 9.78 Å². The van der Waals surface area contributed by atoms with Crippen LogP contribution in [-0.2, 0) is 6.54 Å². The lowest BCUT2D eigenvalue weighted by molar-refractivity contribution is 0.0690. The molecule has 1 aliphatic heterocycles. The second-order valence-corrected chi connectivity index (χ2v) is 5.89. The molecule has 0 bridgehead atoms. The van der Waals surface area contributed by atoms with Crippen molar-refractivity contribution in [1.29, 1.82) is 0 Å². The third-order valence-electron chi connectivity index (χ3n) is 4.16. The van der Waals surface area contributed by atoms with Crippen LogP contribution >= 0.6 is 0 Å². The van der Waals surface area contributed by atoms with Gasteiger partial charge in [0.05, 0.1) is 0 Å². The fourth-order valence-corrected chi connectivity index (χ4v) is 2.92. The van der Waals surface area contributed by atoms with Crippen LogP contribution in [0.2, 0.25) is 0 Å². The van der Waals surface area contributed by atoms with Gasteiger partial charge in [0.2, 0.25) is 0 Å². The highest BCUT2D eigenvalue weighted by atomic mass is 16.4. The molecule has 5 heteroatoms. The lowest BCUT2D eigenvalue weighted by Crippen LogP contribution is -2.38. The lowest BCUT2D eigenvalue weighted by atomic mass is 10.0. The molecule has 5 nitrogen and oxygen atoms in total. The van der Waals surface area contributed by atoms with E-state index in [1.807, 2.05) is 12.1 Å². The zero-order chi connectivity index (χ0) is 16.1. The summed E-state index contributed by atoms with van der Waals surface area (Å²) >= 11 is 0. The molecule has 1 aliphatic rings. The fourth-order valence-electron chi connectivity index (χ4n) is 2.92. The first kappa shape index (κ1) is 15.5. The van der Waals surface area contributed by atoms with E-state index in [1.54, 1.807) is 6.07 Å². The summed E-state index contributed by atoms with van der Waals surface area (Å²) in [5, 5.41) is 12.4. The molecular weight excluding hydrogens is 290 g/mol. The van der Waals surface area contributed by atoms with Crippen molar-refractivity contribution in [2.45, 2.75) is 25.4 Å². The minimum Gasteiger partial charge on any atom is -0.477 e. The Kier molecular flexibility index (Phi) is 4.88. The van der Waals surface area contributed by atoms with Crippen molar-refractivity contribution in [2.75, 3.05) is 18.4 Å². The molecule has 120 valence electrons. The number of rotatable bonds is 5. The standard InChI is InChI=1S/C18H21N3O2/c22-18(23)16-7-4-8-17(20-16)19-15-9-11-21(12-10-15)13-14-5-2-1-3-6-14/h1-8,15H,9-13H2,(H,19,20)(H,22,23). The largest absolute Gasteiger partial charge is 0.477 e. The van der Waals surface area contributed by atoms with Crippen molar-refractivity contribution in [1.82, 2.24) is 9.88 Å². The Morgan fingerprint density at radius 1 is 1.13 bits per heavy atom. The molecule has 1 aromatic carbocycles. The molecule has 2 heterocycles. The maximum Gasteiger partial charge on any atom is 0.354 e. The van der Waals surface area contributed by atoms with Gasteiger partial charge in [0.25, 0.3) is 0 Å². The van der Waals surface area contributed by atoms with Gasteiger partial charge in [0.1, 0.15) is 5.82 Å².